The molecule has 1 amide bonds. The van der Waals surface area contributed by atoms with Crippen LogP contribution in [0.15, 0.2) is 42.5 Å². The van der Waals surface area contributed by atoms with E-state index in [-0.39, 0.29) is 22.0 Å². The highest BCUT2D eigenvalue weighted by atomic mass is 35.5. The van der Waals surface area contributed by atoms with Crippen LogP contribution >= 0.6 is 23.2 Å². The number of anilines is 1. The number of carbonyl (C=O) groups excluding carboxylic acids is 1. The van der Waals surface area contributed by atoms with Gasteiger partial charge in [-0.25, -0.2) is 4.98 Å². The molecule has 1 aromatic heterocycles. The number of carbonyl (C=O) groups is 1. The minimum absolute atomic E-state index is 0.00662. The summed E-state index contributed by atoms with van der Waals surface area (Å²) in [4.78, 5) is 15.3. The molecule has 0 aliphatic heterocycles. The quantitative estimate of drug-likeness (QED) is 0.546. The maximum atomic E-state index is 12.3. The molecule has 9 heteroatoms. The summed E-state index contributed by atoms with van der Waals surface area (Å²) in [5.74, 6) is -2.25. The number of pyridine rings is 1. The Kier molecular flexibility index (Phi) is 5.49. The van der Waals surface area contributed by atoms with Crippen LogP contribution in [0.5, 0.6) is 5.75 Å². The van der Waals surface area contributed by atoms with E-state index < -0.39 is 12.1 Å². The number of amides is 1. The first-order valence-electron chi connectivity index (χ1n) is 7.79. The third-order valence-corrected chi connectivity index (χ3v) is 4.33. The number of phenolic OH excluding ortho intramolecular Hbond substituents is 1. The van der Waals surface area contributed by atoms with E-state index in [0.29, 0.717) is 21.7 Å². The van der Waals surface area contributed by atoms with Crippen molar-refractivity contribution in [3.8, 4) is 5.75 Å². The second-order valence-electron chi connectivity index (χ2n) is 5.73. The number of nitrogens with one attached hydrogen (secondary N) is 1. The number of rotatable bonds is 3. The molecule has 2 aromatic carbocycles. The van der Waals surface area contributed by atoms with Crippen LogP contribution in [0.3, 0.4) is 0 Å². The fraction of sp³-hybridized carbons (Fsp3) is 0.0526. The first-order chi connectivity index (χ1) is 13.1. The molecule has 0 saturated carbocycles. The van der Waals surface area contributed by atoms with Gasteiger partial charge < -0.3 is 10.4 Å². The molecule has 2 N–H and O–H groups in total. The maximum absolute atomic E-state index is 12.3. The van der Waals surface area contributed by atoms with Crippen LogP contribution in [-0.4, -0.2) is 22.2 Å². The van der Waals surface area contributed by atoms with Crippen LogP contribution in [0.1, 0.15) is 11.3 Å². The summed E-state index contributed by atoms with van der Waals surface area (Å²) in [6.07, 6.45) is -1.77. The van der Waals surface area contributed by atoms with Crippen molar-refractivity contribution in [2.45, 2.75) is 6.18 Å². The van der Waals surface area contributed by atoms with Crippen molar-refractivity contribution in [2.75, 3.05) is 5.32 Å². The zero-order valence-electron chi connectivity index (χ0n) is 13.9. The zero-order chi connectivity index (χ0) is 20.5. The Labute approximate surface area is 167 Å². The van der Waals surface area contributed by atoms with Gasteiger partial charge in [0.25, 0.3) is 0 Å². The van der Waals surface area contributed by atoms with Crippen LogP contribution in [0.2, 0.25) is 10.0 Å². The third-order valence-electron chi connectivity index (χ3n) is 3.73. The van der Waals surface area contributed by atoms with E-state index >= 15 is 0 Å². The first kappa shape index (κ1) is 20.0. The van der Waals surface area contributed by atoms with E-state index in [1.165, 1.54) is 24.3 Å². The van der Waals surface area contributed by atoms with E-state index in [4.69, 9.17) is 23.2 Å². The van der Waals surface area contributed by atoms with Gasteiger partial charge in [0.2, 0.25) is 0 Å². The van der Waals surface area contributed by atoms with Gasteiger partial charge in [0.15, 0.2) is 5.75 Å². The topological polar surface area (TPSA) is 62.2 Å². The summed E-state index contributed by atoms with van der Waals surface area (Å²) in [5, 5.41) is 12.8. The number of aromatic nitrogens is 1. The van der Waals surface area contributed by atoms with Crippen LogP contribution < -0.4 is 5.32 Å². The largest absolute Gasteiger partial charge is 0.504 e. The average molecular weight is 427 g/mol. The zero-order valence-corrected chi connectivity index (χ0v) is 15.4. The van der Waals surface area contributed by atoms with Gasteiger partial charge >= 0.3 is 12.1 Å². The highest BCUT2D eigenvalue weighted by Gasteiger charge is 2.38. The van der Waals surface area contributed by atoms with E-state index in [0.717, 1.165) is 0 Å². The first-order valence-corrected chi connectivity index (χ1v) is 8.55. The van der Waals surface area contributed by atoms with Crippen molar-refractivity contribution in [3.63, 3.8) is 0 Å². The molecular weight excluding hydrogens is 416 g/mol. The van der Waals surface area contributed by atoms with Gasteiger partial charge in [0.1, 0.15) is 5.52 Å². The monoisotopic (exact) mass is 426 g/mol. The van der Waals surface area contributed by atoms with Crippen molar-refractivity contribution in [2.24, 2.45) is 0 Å². The molecule has 3 rings (SSSR count). The number of nitrogens with zero attached hydrogens (tertiary/aromatic N) is 1. The molecule has 144 valence electrons. The molecule has 0 unspecified atom stereocenters. The normalized spacial score (nSPS) is 11.9. The highest BCUT2D eigenvalue weighted by molar-refractivity contribution is 6.39. The Morgan fingerprint density at radius 1 is 1.07 bits per heavy atom. The molecule has 0 aliphatic carbocycles. The van der Waals surface area contributed by atoms with Crippen molar-refractivity contribution in [1.82, 2.24) is 4.98 Å². The van der Waals surface area contributed by atoms with Gasteiger partial charge in [0.05, 0.1) is 15.7 Å². The third kappa shape index (κ3) is 4.37. The van der Waals surface area contributed by atoms with Gasteiger partial charge in [-0.15, -0.1) is 0 Å². The summed E-state index contributed by atoms with van der Waals surface area (Å²) in [6, 6.07) is 10.6. The highest BCUT2D eigenvalue weighted by Crippen LogP contribution is 2.36. The molecule has 0 radical (unpaired) electrons. The number of hydrogen-bond donors (Lipinski definition) is 2. The Bertz CT molecular complexity index is 1100. The minimum Gasteiger partial charge on any atom is -0.504 e. The Morgan fingerprint density at radius 2 is 1.82 bits per heavy atom. The summed E-state index contributed by atoms with van der Waals surface area (Å²) < 4.78 is 37.0. The summed E-state index contributed by atoms with van der Waals surface area (Å²) in [6.45, 7) is 0. The fourth-order valence-electron chi connectivity index (χ4n) is 2.41. The van der Waals surface area contributed by atoms with Crippen molar-refractivity contribution in [3.05, 3.63) is 63.8 Å². The summed E-state index contributed by atoms with van der Waals surface area (Å²) in [5.41, 5.74) is 1.24. The lowest BCUT2D eigenvalue weighted by Crippen LogP contribution is -2.29. The van der Waals surface area contributed by atoms with Crippen molar-refractivity contribution >= 4 is 57.9 Å². The van der Waals surface area contributed by atoms with Crippen LogP contribution in [-0.2, 0) is 4.79 Å². The standard InChI is InChI=1S/C19H11Cl2F3N2O2/c20-14-9-15(21)17(27)16-13(14)7-6-11(25-16)5-4-10-2-1-3-12(8-10)26-18(28)19(22,23)24/h1-9,27H,(H,26,28)/b5-4+. The lowest BCUT2D eigenvalue weighted by molar-refractivity contribution is -0.167. The lowest BCUT2D eigenvalue weighted by atomic mass is 10.1. The van der Waals surface area contributed by atoms with Gasteiger partial charge in [-0.3, -0.25) is 4.79 Å². The molecule has 0 fully saturated rings. The Hall–Kier alpha value is -2.77. The molecule has 1 heterocycles. The Balaban J connectivity index is 1.87. The van der Waals surface area contributed by atoms with E-state index in [9.17, 15) is 23.1 Å². The number of phenols is 1. The molecular formula is C19H11Cl2F3N2O2. The molecule has 0 atom stereocenters. The molecule has 28 heavy (non-hydrogen) atoms. The second kappa shape index (κ2) is 7.69. The number of aromatic hydroxyl groups is 1. The predicted octanol–water partition coefficient (Wildman–Crippen LogP) is 5.92. The molecule has 0 saturated heterocycles. The number of benzene rings is 2. The lowest BCUT2D eigenvalue weighted by Gasteiger charge is -2.08. The van der Waals surface area contributed by atoms with Crippen LogP contribution in [0.4, 0.5) is 18.9 Å². The number of fused-ring (bicyclic) bond motifs is 1. The summed E-state index contributed by atoms with van der Waals surface area (Å²) >= 11 is 12.0. The molecule has 0 spiro atoms. The van der Waals surface area contributed by atoms with Crippen LogP contribution in [0, 0.1) is 0 Å². The predicted molar refractivity (Wildman–Crippen MR) is 103 cm³/mol. The van der Waals surface area contributed by atoms with Gasteiger partial charge in [-0.05, 0) is 42.0 Å². The fourth-order valence-corrected chi connectivity index (χ4v) is 2.93. The van der Waals surface area contributed by atoms with E-state index in [1.54, 1.807) is 35.7 Å². The smallest absolute Gasteiger partial charge is 0.471 e. The van der Waals surface area contributed by atoms with Crippen LogP contribution in [0.25, 0.3) is 23.1 Å². The molecule has 3 aromatic rings. The summed E-state index contributed by atoms with van der Waals surface area (Å²) in [7, 11) is 0. The van der Waals surface area contributed by atoms with Crippen molar-refractivity contribution in [1.29, 1.82) is 0 Å². The Morgan fingerprint density at radius 3 is 2.54 bits per heavy atom. The average Bonchev–Trinajstić information content (AvgIpc) is 2.64. The molecule has 4 nitrogen and oxygen atoms in total. The van der Waals surface area contributed by atoms with E-state index in [2.05, 4.69) is 4.98 Å². The van der Waals surface area contributed by atoms with Gasteiger partial charge in [0, 0.05) is 11.1 Å². The SMILES string of the molecule is O=C(Nc1cccc(/C=C/c2ccc3c(Cl)cc(Cl)c(O)c3n2)c1)C(F)(F)F. The number of alkyl halides is 3. The maximum Gasteiger partial charge on any atom is 0.471 e. The number of halogens is 5. The second-order valence-corrected chi connectivity index (χ2v) is 6.55. The van der Waals surface area contributed by atoms with Gasteiger partial charge in [-0.1, -0.05) is 41.4 Å². The number of hydrogen-bond acceptors (Lipinski definition) is 3. The molecule has 0 bridgehead atoms. The van der Waals surface area contributed by atoms with Gasteiger partial charge in [-0.2, -0.15) is 13.2 Å². The minimum atomic E-state index is -4.97. The molecule has 0 aliphatic rings. The van der Waals surface area contributed by atoms with Crippen molar-refractivity contribution < 1.29 is 23.1 Å². The van der Waals surface area contributed by atoms with E-state index in [1.807, 2.05) is 0 Å².